The van der Waals surface area contributed by atoms with Gasteiger partial charge in [0.05, 0.1) is 12.2 Å². The minimum Gasteiger partial charge on any atom is -0.507 e. The molecule has 28 heavy (non-hydrogen) atoms. The van der Waals surface area contributed by atoms with E-state index < -0.39 is 0 Å². The average Bonchev–Trinajstić information content (AvgIpc) is 3.44. The van der Waals surface area contributed by atoms with Gasteiger partial charge in [0.1, 0.15) is 5.75 Å². The number of phenols is 1. The number of benzene rings is 2. The molecule has 0 atom stereocenters. The third kappa shape index (κ3) is 3.93. The molecule has 1 heterocycles. The van der Waals surface area contributed by atoms with E-state index in [1.165, 1.54) is 24.1 Å². The Bertz CT molecular complexity index is 988. The maximum atomic E-state index is 11.9. The molecule has 144 valence electrons. The van der Waals surface area contributed by atoms with Gasteiger partial charge in [-0.2, -0.15) is 5.10 Å². The molecule has 2 N–H and O–H groups in total. The van der Waals surface area contributed by atoms with Crippen LogP contribution < -0.4 is 5.32 Å². The van der Waals surface area contributed by atoms with E-state index in [1.807, 2.05) is 44.2 Å². The van der Waals surface area contributed by atoms with Crippen LogP contribution in [0, 0.1) is 5.92 Å². The maximum absolute atomic E-state index is 11.9. The second-order valence-electron chi connectivity index (χ2n) is 7.75. The molecule has 0 spiro atoms. The largest absolute Gasteiger partial charge is 0.507 e. The summed E-state index contributed by atoms with van der Waals surface area (Å²) in [6.07, 6.45) is 2.37. The predicted molar refractivity (Wildman–Crippen MR) is 110 cm³/mol. The van der Waals surface area contributed by atoms with Crippen LogP contribution >= 0.6 is 0 Å². The molecule has 5 heteroatoms. The Hall–Kier alpha value is -3.08. The van der Waals surface area contributed by atoms with Crippen molar-refractivity contribution < 1.29 is 9.90 Å². The van der Waals surface area contributed by atoms with Crippen LogP contribution in [0.1, 0.15) is 43.9 Å². The van der Waals surface area contributed by atoms with Crippen LogP contribution in [0.3, 0.4) is 0 Å². The fourth-order valence-corrected chi connectivity index (χ4v) is 3.27. The summed E-state index contributed by atoms with van der Waals surface area (Å²) in [6, 6.07) is 17.6. The molecule has 2 aromatic carbocycles. The lowest BCUT2D eigenvalue weighted by Gasteiger charge is -2.09. The van der Waals surface area contributed by atoms with Crippen LogP contribution in [-0.4, -0.2) is 20.8 Å². The number of nitrogens with one attached hydrogen (secondary N) is 1. The molecule has 1 aliphatic carbocycles. The third-order valence-electron chi connectivity index (χ3n) is 5.05. The Morgan fingerprint density at radius 2 is 1.93 bits per heavy atom. The molecule has 1 saturated carbocycles. The molecule has 1 fully saturated rings. The zero-order valence-electron chi connectivity index (χ0n) is 16.2. The van der Waals surface area contributed by atoms with Gasteiger partial charge >= 0.3 is 0 Å². The third-order valence-corrected chi connectivity index (χ3v) is 5.05. The number of aromatic hydroxyl groups is 1. The van der Waals surface area contributed by atoms with Crippen molar-refractivity contribution in [1.29, 1.82) is 0 Å². The first-order valence-electron chi connectivity index (χ1n) is 9.77. The monoisotopic (exact) mass is 375 g/mol. The number of phenolic OH excluding ortho intramolecular Hbond substituents is 1. The van der Waals surface area contributed by atoms with Crippen LogP contribution in [0.5, 0.6) is 5.75 Å². The van der Waals surface area contributed by atoms with Crippen molar-refractivity contribution in [2.24, 2.45) is 5.92 Å². The van der Waals surface area contributed by atoms with Crippen LogP contribution in [0.4, 0.5) is 5.69 Å². The first kappa shape index (κ1) is 18.3. The van der Waals surface area contributed by atoms with E-state index in [-0.39, 0.29) is 17.6 Å². The van der Waals surface area contributed by atoms with Gasteiger partial charge in [-0.15, -0.1) is 0 Å². The molecule has 5 nitrogen and oxygen atoms in total. The number of hydrogen-bond donors (Lipinski definition) is 2. The van der Waals surface area contributed by atoms with Crippen molar-refractivity contribution in [2.45, 2.75) is 39.2 Å². The summed E-state index contributed by atoms with van der Waals surface area (Å²) in [6.45, 7) is 4.39. The summed E-state index contributed by atoms with van der Waals surface area (Å²) >= 11 is 0. The highest BCUT2D eigenvalue weighted by Crippen LogP contribution is 2.42. The number of nitrogens with zero attached hydrogens (tertiary/aromatic N) is 2. The van der Waals surface area contributed by atoms with Crippen LogP contribution in [-0.2, 0) is 11.3 Å². The Balaban J connectivity index is 1.62. The molecular formula is C23H25N3O2. The zero-order valence-corrected chi connectivity index (χ0v) is 16.2. The highest BCUT2D eigenvalue weighted by Gasteiger charge is 2.28. The lowest BCUT2D eigenvalue weighted by molar-refractivity contribution is -0.118. The minimum absolute atomic E-state index is 0.0738. The molecule has 1 amide bonds. The summed E-state index contributed by atoms with van der Waals surface area (Å²) in [7, 11) is 0. The van der Waals surface area contributed by atoms with E-state index in [2.05, 4.69) is 28.2 Å². The number of carbonyl (C=O) groups excluding carboxylic acids is 1. The van der Waals surface area contributed by atoms with Gasteiger partial charge in [-0.3, -0.25) is 9.48 Å². The Morgan fingerprint density at radius 3 is 2.57 bits per heavy atom. The van der Waals surface area contributed by atoms with Gasteiger partial charge in [0.15, 0.2) is 0 Å². The van der Waals surface area contributed by atoms with E-state index in [0.717, 1.165) is 12.2 Å². The summed E-state index contributed by atoms with van der Waals surface area (Å²) in [4.78, 5) is 11.9. The standard InChI is InChI=1S/C23H25N3O2/c1-15(2)23(28)24-18-10-11-19(22(27)12-18)20-13-21(17-8-9-17)26(25-20)14-16-6-4-3-5-7-16/h3-7,10-13,15,17,27H,8-9,14H2,1-2H3,(H,24,28). The summed E-state index contributed by atoms with van der Waals surface area (Å²) in [5.74, 6) is 0.483. The Labute approximate surface area is 165 Å². The summed E-state index contributed by atoms with van der Waals surface area (Å²) < 4.78 is 2.05. The van der Waals surface area contributed by atoms with E-state index in [1.54, 1.807) is 6.07 Å². The topological polar surface area (TPSA) is 67.2 Å². The van der Waals surface area contributed by atoms with Crippen molar-refractivity contribution in [3.63, 3.8) is 0 Å². The van der Waals surface area contributed by atoms with E-state index in [4.69, 9.17) is 5.10 Å². The van der Waals surface area contributed by atoms with Crippen LogP contribution in [0.2, 0.25) is 0 Å². The molecule has 0 unspecified atom stereocenters. The van der Waals surface area contributed by atoms with Gasteiger partial charge < -0.3 is 10.4 Å². The Kier molecular flexibility index (Phi) is 4.90. The molecule has 1 aliphatic rings. The number of carbonyl (C=O) groups is 1. The normalized spacial score (nSPS) is 13.7. The molecule has 0 aliphatic heterocycles. The molecular weight excluding hydrogens is 350 g/mol. The molecule has 0 radical (unpaired) electrons. The van der Waals surface area contributed by atoms with Crippen molar-refractivity contribution in [1.82, 2.24) is 9.78 Å². The molecule has 1 aromatic heterocycles. The Morgan fingerprint density at radius 1 is 1.18 bits per heavy atom. The van der Waals surface area contributed by atoms with Gasteiger partial charge in [0, 0.05) is 34.8 Å². The molecule has 0 saturated heterocycles. The maximum Gasteiger partial charge on any atom is 0.226 e. The fraction of sp³-hybridized carbons (Fsp3) is 0.304. The lowest BCUT2D eigenvalue weighted by atomic mass is 10.1. The van der Waals surface area contributed by atoms with Crippen molar-refractivity contribution in [2.75, 3.05) is 5.32 Å². The summed E-state index contributed by atoms with van der Waals surface area (Å²) in [5, 5.41) is 18.1. The van der Waals surface area contributed by atoms with E-state index >= 15 is 0 Å². The van der Waals surface area contributed by atoms with Gasteiger partial charge in [-0.1, -0.05) is 44.2 Å². The van der Waals surface area contributed by atoms with Gasteiger partial charge in [0.25, 0.3) is 0 Å². The van der Waals surface area contributed by atoms with Crippen LogP contribution in [0.15, 0.2) is 54.6 Å². The number of aromatic nitrogens is 2. The first-order chi connectivity index (χ1) is 13.5. The lowest BCUT2D eigenvalue weighted by Crippen LogP contribution is -2.17. The number of hydrogen-bond acceptors (Lipinski definition) is 3. The highest BCUT2D eigenvalue weighted by molar-refractivity contribution is 5.92. The molecule has 3 aromatic rings. The first-order valence-corrected chi connectivity index (χ1v) is 9.77. The van der Waals surface area contributed by atoms with Gasteiger partial charge in [0.2, 0.25) is 5.91 Å². The SMILES string of the molecule is CC(C)C(=O)Nc1ccc(-c2cc(C3CC3)n(Cc3ccccc3)n2)c(O)c1. The van der Waals surface area contributed by atoms with E-state index in [9.17, 15) is 9.90 Å². The van der Waals surface area contributed by atoms with Crippen LogP contribution in [0.25, 0.3) is 11.3 Å². The average molecular weight is 375 g/mol. The fourth-order valence-electron chi connectivity index (χ4n) is 3.27. The number of rotatable bonds is 6. The molecule has 0 bridgehead atoms. The van der Waals surface area contributed by atoms with Gasteiger partial charge in [-0.05, 0) is 36.6 Å². The smallest absolute Gasteiger partial charge is 0.226 e. The van der Waals surface area contributed by atoms with Gasteiger partial charge in [-0.25, -0.2) is 0 Å². The van der Waals surface area contributed by atoms with Crippen molar-refractivity contribution in [3.8, 4) is 17.0 Å². The van der Waals surface area contributed by atoms with Crippen molar-refractivity contribution in [3.05, 3.63) is 65.9 Å². The zero-order chi connectivity index (χ0) is 19.7. The molecule has 4 rings (SSSR count). The predicted octanol–water partition coefficient (Wildman–Crippen LogP) is 4.78. The summed E-state index contributed by atoms with van der Waals surface area (Å²) in [5.41, 5.74) is 4.45. The second kappa shape index (κ2) is 7.50. The second-order valence-corrected chi connectivity index (χ2v) is 7.75. The van der Waals surface area contributed by atoms with E-state index in [0.29, 0.717) is 17.2 Å². The minimum atomic E-state index is -0.114. The number of anilines is 1. The highest BCUT2D eigenvalue weighted by atomic mass is 16.3. The van der Waals surface area contributed by atoms with Crippen molar-refractivity contribution >= 4 is 11.6 Å². The number of amides is 1. The quantitative estimate of drug-likeness (QED) is 0.652.